The fourth-order valence-electron chi connectivity index (χ4n) is 3.92. The van der Waals surface area contributed by atoms with Crippen molar-refractivity contribution in [2.75, 3.05) is 19.7 Å². The maximum absolute atomic E-state index is 12.5. The molecule has 2 aromatic rings. The van der Waals surface area contributed by atoms with Gasteiger partial charge >= 0.3 is 0 Å². The molecule has 0 aliphatic carbocycles. The SMILES string of the molecule is CC1=CC2(CCN(C(=O)CCCc3nc(-c4cccnc4)no3)CC2)OCC1. The Hall–Kier alpha value is -2.54. The molecule has 1 fully saturated rings. The summed E-state index contributed by atoms with van der Waals surface area (Å²) in [6.07, 6.45) is 10.3. The Morgan fingerprint density at radius 2 is 2.18 bits per heavy atom. The van der Waals surface area contributed by atoms with E-state index in [1.165, 1.54) is 5.57 Å². The first kappa shape index (κ1) is 18.8. The predicted molar refractivity (Wildman–Crippen MR) is 103 cm³/mol. The number of hydrogen-bond acceptors (Lipinski definition) is 6. The van der Waals surface area contributed by atoms with E-state index in [0.29, 0.717) is 31.0 Å². The number of aromatic nitrogens is 3. The summed E-state index contributed by atoms with van der Waals surface area (Å²) in [4.78, 5) is 23.0. The van der Waals surface area contributed by atoms with Crippen LogP contribution in [0.3, 0.4) is 0 Å². The van der Waals surface area contributed by atoms with E-state index >= 15 is 0 Å². The van der Waals surface area contributed by atoms with Crippen molar-refractivity contribution < 1.29 is 14.1 Å². The van der Waals surface area contributed by atoms with Gasteiger partial charge in [-0.3, -0.25) is 9.78 Å². The summed E-state index contributed by atoms with van der Waals surface area (Å²) >= 11 is 0. The van der Waals surface area contributed by atoms with E-state index in [-0.39, 0.29) is 11.5 Å². The highest BCUT2D eigenvalue weighted by molar-refractivity contribution is 5.76. The van der Waals surface area contributed by atoms with Crippen LogP contribution in [0.2, 0.25) is 0 Å². The lowest BCUT2D eigenvalue weighted by atomic mass is 9.87. The van der Waals surface area contributed by atoms with Crippen molar-refractivity contribution in [3.8, 4) is 11.4 Å². The standard InChI is InChI=1S/C21H26N4O3/c1-16-7-13-27-21(14-16)8-11-25(12-9-21)19(26)6-2-5-18-23-20(24-28-18)17-4-3-10-22-15-17/h3-4,10,14-15H,2,5-9,11-13H2,1H3. The summed E-state index contributed by atoms with van der Waals surface area (Å²) in [5.41, 5.74) is 2.08. The number of carbonyl (C=O) groups is 1. The maximum atomic E-state index is 12.5. The van der Waals surface area contributed by atoms with E-state index in [1.54, 1.807) is 12.4 Å². The molecular weight excluding hydrogens is 356 g/mol. The highest BCUT2D eigenvalue weighted by Crippen LogP contribution is 2.33. The van der Waals surface area contributed by atoms with Crippen molar-refractivity contribution in [1.82, 2.24) is 20.0 Å². The first-order valence-corrected chi connectivity index (χ1v) is 9.97. The zero-order valence-corrected chi connectivity index (χ0v) is 16.3. The highest BCUT2D eigenvalue weighted by Gasteiger charge is 2.36. The topological polar surface area (TPSA) is 81.4 Å². The van der Waals surface area contributed by atoms with Gasteiger partial charge in [0.2, 0.25) is 17.6 Å². The number of pyridine rings is 1. The first-order chi connectivity index (χ1) is 13.6. The summed E-state index contributed by atoms with van der Waals surface area (Å²) in [7, 11) is 0. The van der Waals surface area contributed by atoms with Gasteiger partial charge in [-0.2, -0.15) is 4.98 Å². The van der Waals surface area contributed by atoms with E-state index in [4.69, 9.17) is 9.26 Å². The van der Waals surface area contributed by atoms with E-state index < -0.39 is 0 Å². The Kier molecular flexibility index (Phi) is 5.52. The molecule has 0 N–H and O–H groups in total. The minimum atomic E-state index is -0.147. The second kappa shape index (κ2) is 8.22. The van der Waals surface area contributed by atoms with Gasteiger partial charge in [-0.25, -0.2) is 0 Å². The quantitative estimate of drug-likeness (QED) is 0.739. The number of rotatable bonds is 5. The van der Waals surface area contributed by atoms with E-state index in [0.717, 1.165) is 44.5 Å². The van der Waals surface area contributed by atoms with Crippen molar-refractivity contribution in [3.05, 3.63) is 42.1 Å². The lowest BCUT2D eigenvalue weighted by molar-refractivity contribution is -0.136. The van der Waals surface area contributed by atoms with Crippen molar-refractivity contribution >= 4 is 5.91 Å². The van der Waals surface area contributed by atoms with Gasteiger partial charge in [-0.1, -0.05) is 16.8 Å². The molecule has 2 aromatic heterocycles. The Labute approximate surface area is 164 Å². The third-order valence-corrected chi connectivity index (χ3v) is 5.53. The van der Waals surface area contributed by atoms with Crippen LogP contribution in [0.15, 0.2) is 40.7 Å². The highest BCUT2D eigenvalue weighted by atomic mass is 16.5. The lowest BCUT2D eigenvalue weighted by Crippen LogP contribution is -2.48. The molecule has 1 amide bonds. The normalized spacial score (nSPS) is 18.9. The molecule has 1 saturated heterocycles. The number of amides is 1. The molecule has 7 heteroatoms. The Morgan fingerprint density at radius 3 is 2.93 bits per heavy atom. The molecule has 0 bridgehead atoms. The summed E-state index contributed by atoms with van der Waals surface area (Å²) in [5, 5.41) is 3.99. The minimum Gasteiger partial charge on any atom is -0.370 e. The van der Waals surface area contributed by atoms with Crippen LogP contribution in [-0.4, -0.2) is 51.2 Å². The van der Waals surface area contributed by atoms with Crippen molar-refractivity contribution in [3.63, 3.8) is 0 Å². The molecule has 0 aromatic carbocycles. The van der Waals surface area contributed by atoms with E-state index in [1.807, 2.05) is 17.0 Å². The molecule has 0 radical (unpaired) electrons. The molecule has 0 atom stereocenters. The second-order valence-corrected chi connectivity index (χ2v) is 7.64. The van der Waals surface area contributed by atoms with Gasteiger partial charge in [0.05, 0.1) is 12.2 Å². The van der Waals surface area contributed by atoms with Crippen molar-refractivity contribution in [1.29, 1.82) is 0 Å². The van der Waals surface area contributed by atoms with Crippen LogP contribution in [0.25, 0.3) is 11.4 Å². The number of hydrogen-bond donors (Lipinski definition) is 0. The number of carbonyl (C=O) groups excluding carboxylic acids is 1. The van der Waals surface area contributed by atoms with Crippen LogP contribution in [0.1, 0.15) is 44.9 Å². The fraction of sp³-hybridized carbons (Fsp3) is 0.524. The van der Waals surface area contributed by atoms with Crippen LogP contribution >= 0.6 is 0 Å². The molecule has 2 aliphatic rings. The van der Waals surface area contributed by atoms with Gasteiger partial charge in [-0.05, 0) is 44.7 Å². The first-order valence-electron chi connectivity index (χ1n) is 9.97. The summed E-state index contributed by atoms with van der Waals surface area (Å²) in [6.45, 7) is 4.48. The number of nitrogens with zero attached hydrogens (tertiary/aromatic N) is 4. The molecule has 0 unspecified atom stereocenters. The van der Waals surface area contributed by atoms with E-state index in [2.05, 4.69) is 28.1 Å². The van der Waals surface area contributed by atoms with Gasteiger partial charge in [0.15, 0.2) is 0 Å². The van der Waals surface area contributed by atoms with Gasteiger partial charge in [0.25, 0.3) is 0 Å². The number of ether oxygens (including phenoxy) is 1. The minimum absolute atomic E-state index is 0.147. The smallest absolute Gasteiger partial charge is 0.226 e. The molecule has 4 rings (SSSR count). The predicted octanol–water partition coefficient (Wildman–Crippen LogP) is 3.18. The molecule has 2 aliphatic heterocycles. The van der Waals surface area contributed by atoms with Crippen LogP contribution < -0.4 is 0 Å². The number of likely N-dealkylation sites (tertiary alicyclic amines) is 1. The average molecular weight is 382 g/mol. The van der Waals surface area contributed by atoms with Crippen LogP contribution in [0, 0.1) is 0 Å². The largest absolute Gasteiger partial charge is 0.370 e. The molecule has 28 heavy (non-hydrogen) atoms. The zero-order valence-electron chi connectivity index (χ0n) is 16.3. The molecule has 148 valence electrons. The third kappa shape index (κ3) is 4.30. The van der Waals surface area contributed by atoms with Gasteiger partial charge < -0.3 is 14.2 Å². The fourth-order valence-corrected chi connectivity index (χ4v) is 3.92. The van der Waals surface area contributed by atoms with Gasteiger partial charge in [-0.15, -0.1) is 0 Å². The average Bonchev–Trinajstić information content (AvgIpc) is 3.18. The third-order valence-electron chi connectivity index (χ3n) is 5.53. The monoisotopic (exact) mass is 382 g/mol. The molecule has 4 heterocycles. The van der Waals surface area contributed by atoms with Crippen LogP contribution in [0.5, 0.6) is 0 Å². The van der Waals surface area contributed by atoms with Crippen molar-refractivity contribution in [2.45, 2.75) is 51.0 Å². The molecule has 0 saturated carbocycles. The van der Waals surface area contributed by atoms with E-state index in [9.17, 15) is 4.79 Å². The zero-order chi connectivity index (χ0) is 19.4. The summed E-state index contributed by atoms with van der Waals surface area (Å²) in [6, 6.07) is 3.73. The molecule has 7 nitrogen and oxygen atoms in total. The van der Waals surface area contributed by atoms with Crippen LogP contribution in [0.4, 0.5) is 0 Å². The van der Waals surface area contributed by atoms with Crippen molar-refractivity contribution in [2.24, 2.45) is 0 Å². The lowest BCUT2D eigenvalue weighted by Gasteiger charge is -2.42. The maximum Gasteiger partial charge on any atom is 0.226 e. The summed E-state index contributed by atoms with van der Waals surface area (Å²) < 4.78 is 11.3. The van der Waals surface area contributed by atoms with Gasteiger partial charge in [0.1, 0.15) is 0 Å². The summed E-state index contributed by atoms with van der Waals surface area (Å²) in [5.74, 6) is 1.28. The Bertz CT molecular complexity index is 838. The second-order valence-electron chi connectivity index (χ2n) is 7.64. The van der Waals surface area contributed by atoms with Crippen LogP contribution in [-0.2, 0) is 16.0 Å². The van der Waals surface area contributed by atoms with Gasteiger partial charge in [0, 0.05) is 43.9 Å². The molecule has 1 spiro atoms. The Balaban J connectivity index is 1.23. The number of piperidine rings is 1. The number of aryl methyl sites for hydroxylation is 1. The Morgan fingerprint density at radius 1 is 1.32 bits per heavy atom. The molecular formula is C21H26N4O3.